The van der Waals surface area contributed by atoms with Crippen LogP contribution in [-0.2, 0) is 34.5 Å². The van der Waals surface area contributed by atoms with Crippen molar-refractivity contribution in [2.75, 3.05) is 6.61 Å². The third kappa shape index (κ3) is 3.58. The molecule has 0 fully saturated rings. The average molecular weight is 343 g/mol. The summed E-state index contributed by atoms with van der Waals surface area (Å²) in [6.07, 6.45) is 4.44. The maximum absolute atomic E-state index is 12.7. The molecule has 0 amide bonds. The summed E-state index contributed by atoms with van der Waals surface area (Å²) in [5, 5.41) is 7.36. The Hall–Kier alpha value is -2.21. The molecule has 25 heavy (non-hydrogen) atoms. The summed E-state index contributed by atoms with van der Waals surface area (Å²) in [6.45, 7) is 4.64. The van der Waals surface area contributed by atoms with Crippen LogP contribution in [0.2, 0.25) is 0 Å². The van der Waals surface area contributed by atoms with Crippen molar-refractivity contribution in [3.8, 4) is 0 Å². The van der Waals surface area contributed by atoms with Gasteiger partial charge in [0.25, 0.3) is 0 Å². The van der Waals surface area contributed by atoms with E-state index in [-0.39, 0.29) is 5.97 Å². The number of carbonyl (C=O) groups excluding carboxylic acids is 1. The molecule has 1 aromatic carbocycles. The average Bonchev–Trinajstić information content (AvgIpc) is 3.24. The highest BCUT2D eigenvalue weighted by atomic mass is 16.5. The van der Waals surface area contributed by atoms with E-state index in [0.29, 0.717) is 25.5 Å². The Bertz CT molecular complexity index is 728. The van der Waals surface area contributed by atoms with Gasteiger partial charge in [-0.15, -0.1) is 0 Å². The number of hydrogen-bond donors (Lipinski definition) is 1. The second-order valence-corrected chi connectivity index (χ2v) is 6.34. The molecule has 3 rings (SSSR count). The molecule has 0 radical (unpaired) electrons. The first-order valence-electron chi connectivity index (χ1n) is 9.01. The van der Waals surface area contributed by atoms with Gasteiger partial charge in [0.1, 0.15) is 5.54 Å². The fourth-order valence-corrected chi connectivity index (χ4v) is 3.36. The molecule has 1 aliphatic rings. The van der Waals surface area contributed by atoms with E-state index in [4.69, 9.17) is 9.26 Å². The fourth-order valence-electron chi connectivity index (χ4n) is 3.36. The van der Waals surface area contributed by atoms with Gasteiger partial charge in [-0.05, 0) is 37.3 Å². The molecule has 1 N–H and O–H groups in total. The quantitative estimate of drug-likeness (QED) is 0.743. The van der Waals surface area contributed by atoms with Gasteiger partial charge in [-0.2, -0.15) is 4.98 Å². The van der Waals surface area contributed by atoms with E-state index in [2.05, 4.69) is 28.4 Å². The van der Waals surface area contributed by atoms with Crippen LogP contribution in [-0.4, -0.2) is 22.7 Å². The molecule has 0 saturated heterocycles. The second kappa shape index (κ2) is 7.78. The molecule has 1 aliphatic carbocycles. The van der Waals surface area contributed by atoms with Gasteiger partial charge in [0.15, 0.2) is 5.82 Å². The molecule has 0 saturated carbocycles. The predicted molar refractivity (Wildman–Crippen MR) is 92.8 cm³/mol. The van der Waals surface area contributed by atoms with Gasteiger partial charge in [-0.3, -0.25) is 5.32 Å². The highest BCUT2D eigenvalue weighted by Gasteiger charge is 2.46. The van der Waals surface area contributed by atoms with Crippen molar-refractivity contribution in [1.29, 1.82) is 0 Å². The first-order valence-corrected chi connectivity index (χ1v) is 9.01. The number of fused-ring (bicyclic) bond motifs is 1. The van der Waals surface area contributed by atoms with Crippen LogP contribution in [0.5, 0.6) is 0 Å². The third-order valence-electron chi connectivity index (χ3n) is 4.68. The van der Waals surface area contributed by atoms with Crippen LogP contribution in [0.1, 0.15) is 56.0 Å². The standard InChI is InChI=1S/C19H25N3O3/c1-3-5-10-16-21-17(25-22-16)13-20-19(18(23)24-4-2)12-11-14-8-6-7-9-15(14)19/h6-9,20H,3-5,10-13H2,1-2H3/t19-/m0/s1. The first-order chi connectivity index (χ1) is 12.2. The van der Waals surface area contributed by atoms with Crippen LogP contribution in [0.15, 0.2) is 28.8 Å². The van der Waals surface area contributed by atoms with Crippen molar-refractivity contribution >= 4 is 5.97 Å². The van der Waals surface area contributed by atoms with Crippen molar-refractivity contribution in [2.24, 2.45) is 0 Å². The molecule has 0 bridgehead atoms. The monoisotopic (exact) mass is 343 g/mol. The van der Waals surface area contributed by atoms with Gasteiger partial charge >= 0.3 is 5.97 Å². The minimum atomic E-state index is -0.843. The number of carbonyl (C=O) groups is 1. The van der Waals surface area contributed by atoms with Crippen LogP contribution in [0.25, 0.3) is 0 Å². The van der Waals surface area contributed by atoms with Gasteiger partial charge in [0.05, 0.1) is 13.2 Å². The van der Waals surface area contributed by atoms with E-state index >= 15 is 0 Å². The topological polar surface area (TPSA) is 77.2 Å². The van der Waals surface area contributed by atoms with E-state index in [1.165, 1.54) is 5.56 Å². The zero-order valence-corrected chi connectivity index (χ0v) is 14.9. The highest BCUT2D eigenvalue weighted by Crippen LogP contribution is 2.38. The Morgan fingerprint density at radius 3 is 3.00 bits per heavy atom. The van der Waals surface area contributed by atoms with Crippen LogP contribution < -0.4 is 5.32 Å². The van der Waals surface area contributed by atoms with Crippen molar-refractivity contribution in [2.45, 2.75) is 58.0 Å². The van der Waals surface area contributed by atoms with Crippen LogP contribution in [0.4, 0.5) is 0 Å². The lowest BCUT2D eigenvalue weighted by Crippen LogP contribution is -2.48. The summed E-state index contributed by atoms with van der Waals surface area (Å²) < 4.78 is 10.7. The van der Waals surface area contributed by atoms with Gasteiger partial charge in [-0.1, -0.05) is 42.8 Å². The lowest BCUT2D eigenvalue weighted by atomic mass is 9.91. The minimum absolute atomic E-state index is 0.245. The number of aromatic nitrogens is 2. The number of benzene rings is 1. The molecular weight excluding hydrogens is 318 g/mol. The van der Waals surface area contributed by atoms with Gasteiger partial charge in [0.2, 0.25) is 5.89 Å². The summed E-state index contributed by atoms with van der Waals surface area (Å²) in [4.78, 5) is 17.2. The minimum Gasteiger partial charge on any atom is -0.464 e. The molecular formula is C19H25N3O3. The number of unbranched alkanes of at least 4 members (excludes halogenated alkanes) is 1. The normalized spacial score (nSPS) is 19.0. The molecule has 1 aromatic heterocycles. The van der Waals surface area contributed by atoms with Gasteiger partial charge in [0, 0.05) is 6.42 Å². The van der Waals surface area contributed by atoms with E-state index < -0.39 is 5.54 Å². The lowest BCUT2D eigenvalue weighted by Gasteiger charge is -2.28. The fraction of sp³-hybridized carbons (Fsp3) is 0.526. The molecule has 1 atom stereocenters. The number of aryl methyl sites for hydroxylation is 2. The number of ether oxygens (including phenoxy) is 1. The Morgan fingerprint density at radius 1 is 1.36 bits per heavy atom. The zero-order valence-electron chi connectivity index (χ0n) is 14.9. The van der Waals surface area contributed by atoms with Crippen molar-refractivity contribution in [3.63, 3.8) is 0 Å². The smallest absolute Gasteiger partial charge is 0.331 e. The molecule has 0 aliphatic heterocycles. The Morgan fingerprint density at radius 2 is 2.20 bits per heavy atom. The zero-order chi connectivity index (χ0) is 17.7. The summed E-state index contributed by atoms with van der Waals surface area (Å²) in [6, 6.07) is 8.01. The van der Waals surface area contributed by atoms with Crippen LogP contribution in [0.3, 0.4) is 0 Å². The maximum Gasteiger partial charge on any atom is 0.331 e. The van der Waals surface area contributed by atoms with Crippen LogP contribution in [0, 0.1) is 0 Å². The molecule has 0 unspecified atom stereocenters. The summed E-state index contributed by atoms with van der Waals surface area (Å²) in [7, 11) is 0. The van der Waals surface area contributed by atoms with E-state index in [0.717, 1.165) is 37.1 Å². The van der Waals surface area contributed by atoms with Crippen LogP contribution >= 0.6 is 0 Å². The Kier molecular flexibility index (Phi) is 5.48. The van der Waals surface area contributed by atoms with E-state index in [1.54, 1.807) is 0 Å². The van der Waals surface area contributed by atoms with Gasteiger partial charge < -0.3 is 9.26 Å². The molecule has 1 heterocycles. The molecule has 6 heteroatoms. The molecule has 6 nitrogen and oxygen atoms in total. The summed E-state index contributed by atoms with van der Waals surface area (Å²) in [5.74, 6) is 0.973. The number of esters is 1. The number of hydrogen-bond acceptors (Lipinski definition) is 6. The summed E-state index contributed by atoms with van der Waals surface area (Å²) >= 11 is 0. The second-order valence-electron chi connectivity index (χ2n) is 6.34. The third-order valence-corrected chi connectivity index (χ3v) is 4.68. The Labute approximate surface area is 148 Å². The highest BCUT2D eigenvalue weighted by molar-refractivity contribution is 5.84. The van der Waals surface area contributed by atoms with Gasteiger partial charge in [-0.25, -0.2) is 4.79 Å². The first kappa shape index (κ1) is 17.6. The Balaban J connectivity index is 1.78. The molecule has 134 valence electrons. The number of rotatable bonds is 8. The van der Waals surface area contributed by atoms with Crippen molar-refractivity contribution in [3.05, 3.63) is 47.1 Å². The largest absolute Gasteiger partial charge is 0.464 e. The van der Waals surface area contributed by atoms with E-state index in [1.807, 2.05) is 25.1 Å². The number of nitrogens with one attached hydrogen (secondary N) is 1. The number of nitrogens with zero attached hydrogens (tertiary/aromatic N) is 2. The lowest BCUT2D eigenvalue weighted by molar-refractivity contribution is -0.152. The maximum atomic E-state index is 12.7. The van der Waals surface area contributed by atoms with E-state index in [9.17, 15) is 4.79 Å². The predicted octanol–water partition coefficient (Wildman–Crippen LogP) is 2.91. The molecule has 2 aromatic rings. The van der Waals surface area contributed by atoms with Crippen molar-refractivity contribution in [1.82, 2.24) is 15.5 Å². The SMILES string of the molecule is CCCCc1noc(CN[C@@]2(C(=O)OCC)CCc3ccccc32)n1. The van der Waals surface area contributed by atoms with Crippen molar-refractivity contribution < 1.29 is 14.1 Å². The summed E-state index contributed by atoms with van der Waals surface area (Å²) in [5.41, 5.74) is 1.32. The molecule has 0 spiro atoms.